The lowest BCUT2D eigenvalue weighted by atomic mass is 9.82. The van der Waals surface area contributed by atoms with Gasteiger partial charge in [0, 0.05) is 5.92 Å². The zero-order chi connectivity index (χ0) is 15.8. The minimum atomic E-state index is -0.0631. The fourth-order valence-electron chi connectivity index (χ4n) is 3.82. The minimum Gasteiger partial charge on any atom is -0.465 e. The third kappa shape index (κ3) is 2.59. The van der Waals surface area contributed by atoms with Crippen molar-refractivity contribution in [2.45, 2.75) is 26.2 Å². The van der Waals surface area contributed by atoms with Gasteiger partial charge in [-0.05, 0) is 55.4 Å². The van der Waals surface area contributed by atoms with Gasteiger partial charge in [-0.2, -0.15) is 0 Å². The molecule has 0 amide bonds. The number of allylic oxidation sites excluding steroid dienone is 10. The van der Waals surface area contributed by atoms with Crippen LogP contribution in [0.2, 0.25) is 0 Å². The molecule has 0 saturated carbocycles. The van der Waals surface area contributed by atoms with Crippen molar-refractivity contribution in [3.8, 4) is 0 Å². The fourth-order valence-corrected chi connectivity index (χ4v) is 3.82. The summed E-state index contributed by atoms with van der Waals surface area (Å²) in [6.07, 6.45) is 16.9. The average molecular weight is 304 g/mol. The number of furan rings is 1. The van der Waals surface area contributed by atoms with Crippen LogP contribution in [0.15, 0.2) is 76.0 Å². The third-order valence-corrected chi connectivity index (χ3v) is 5.02. The maximum absolute atomic E-state index is 13.0. The van der Waals surface area contributed by atoms with Gasteiger partial charge >= 0.3 is 0 Å². The molecule has 23 heavy (non-hydrogen) atoms. The van der Waals surface area contributed by atoms with Gasteiger partial charge in [0.15, 0.2) is 5.78 Å². The van der Waals surface area contributed by atoms with Gasteiger partial charge < -0.3 is 4.42 Å². The van der Waals surface area contributed by atoms with Gasteiger partial charge in [-0.15, -0.1) is 0 Å². The summed E-state index contributed by atoms with van der Waals surface area (Å²) in [5.41, 5.74) is 4.85. The molecule has 2 atom stereocenters. The molecule has 4 rings (SSSR count). The molecule has 0 spiro atoms. The van der Waals surface area contributed by atoms with E-state index in [-0.39, 0.29) is 17.6 Å². The lowest BCUT2D eigenvalue weighted by Gasteiger charge is -2.20. The van der Waals surface area contributed by atoms with Crippen LogP contribution in [0.25, 0.3) is 5.57 Å². The van der Waals surface area contributed by atoms with E-state index in [0.717, 1.165) is 36.2 Å². The molecule has 2 nitrogen and oxygen atoms in total. The molecular weight excluding hydrogens is 284 g/mol. The highest BCUT2D eigenvalue weighted by atomic mass is 16.3. The molecule has 3 aliphatic carbocycles. The standard InChI is InChI=1S/C21H20O2/c1-14-8-9-16(11-14)18-12-17(20-7-4-10-23-20)13-19(18)21(22)15-5-2-3-6-15/h2-5,7-10,13,18-19H,6,11-12H2,1H3. The van der Waals surface area contributed by atoms with E-state index in [1.807, 2.05) is 24.3 Å². The summed E-state index contributed by atoms with van der Waals surface area (Å²) in [6.45, 7) is 2.15. The largest absolute Gasteiger partial charge is 0.465 e. The summed E-state index contributed by atoms with van der Waals surface area (Å²) in [5.74, 6) is 1.36. The zero-order valence-corrected chi connectivity index (χ0v) is 13.3. The molecule has 0 radical (unpaired) electrons. The maximum atomic E-state index is 13.0. The Hall–Kier alpha value is -2.35. The van der Waals surface area contributed by atoms with E-state index in [1.165, 1.54) is 11.1 Å². The number of hydrogen-bond acceptors (Lipinski definition) is 2. The Balaban J connectivity index is 1.64. The summed E-state index contributed by atoms with van der Waals surface area (Å²) in [4.78, 5) is 13.0. The first-order chi connectivity index (χ1) is 11.2. The van der Waals surface area contributed by atoms with Crippen LogP contribution in [0.3, 0.4) is 0 Å². The van der Waals surface area contributed by atoms with E-state index in [9.17, 15) is 4.79 Å². The van der Waals surface area contributed by atoms with Crippen molar-refractivity contribution in [3.05, 3.63) is 77.3 Å². The number of carbonyl (C=O) groups is 1. The monoisotopic (exact) mass is 304 g/mol. The molecule has 2 unspecified atom stereocenters. The fraction of sp³-hybridized carbons (Fsp3) is 0.286. The number of rotatable bonds is 4. The zero-order valence-electron chi connectivity index (χ0n) is 13.3. The van der Waals surface area contributed by atoms with Crippen LogP contribution >= 0.6 is 0 Å². The van der Waals surface area contributed by atoms with E-state index in [1.54, 1.807) is 6.26 Å². The van der Waals surface area contributed by atoms with Crippen molar-refractivity contribution >= 4 is 11.4 Å². The van der Waals surface area contributed by atoms with Crippen LogP contribution in [-0.4, -0.2) is 5.78 Å². The lowest BCUT2D eigenvalue weighted by molar-refractivity contribution is -0.118. The Morgan fingerprint density at radius 2 is 2.17 bits per heavy atom. The molecular formula is C21H20O2. The van der Waals surface area contributed by atoms with Crippen molar-refractivity contribution in [1.29, 1.82) is 0 Å². The van der Waals surface area contributed by atoms with Gasteiger partial charge in [0.05, 0.1) is 6.26 Å². The Kier molecular flexibility index (Phi) is 3.53. The van der Waals surface area contributed by atoms with Gasteiger partial charge in [0.25, 0.3) is 0 Å². The van der Waals surface area contributed by atoms with E-state index < -0.39 is 0 Å². The summed E-state index contributed by atoms with van der Waals surface area (Å²) in [5, 5.41) is 0. The number of Topliss-reactive ketones (excluding diaryl/α,β-unsaturated/α-hetero) is 1. The molecule has 0 aliphatic heterocycles. The second-order valence-corrected chi connectivity index (χ2v) is 6.63. The Morgan fingerprint density at radius 3 is 2.83 bits per heavy atom. The predicted molar refractivity (Wildman–Crippen MR) is 91.6 cm³/mol. The first kappa shape index (κ1) is 14.3. The second kappa shape index (κ2) is 5.69. The van der Waals surface area contributed by atoms with Crippen molar-refractivity contribution < 1.29 is 9.21 Å². The molecule has 1 aromatic heterocycles. The Bertz CT molecular complexity index is 782. The van der Waals surface area contributed by atoms with Crippen LogP contribution in [0, 0.1) is 11.8 Å². The molecule has 0 aromatic carbocycles. The molecule has 0 fully saturated rings. The van der Waals surface area contributed by atoms with Crippen LogP contribution in [0.4, 0.5) is 0 Å². The van der Waals surface area contributed by atoms with Crippen LogP contribution in [0.5, 0.6) is 0 Å². The molecule has 3 aliphatic rings. The smallest absolute Gasteiger partial charge is 0.166 e. The van der Waals surface area contributed by atoms with Gasteiger partial charge in [-0.3, -0.25) is 4.79 Å². The highest BCUT2D eigenvalue weighted by Crippen LogP contribution is 2.45. The molecule has 2 heteroatoms. The van der Waals surface area contributed by atoms with Crippen LogP contribution in [0.1, 0.15) is 31.9 Å². The van der Waals surface area contributed by atoms with Gasteiger partial charge in [-0.1, -0.05) is 47.6 Å². The van der Waals surface area contributed by atoms with Gasteiger partial charge in [0.2, 0.25) is 0 Å². The topological polar surface area (TPSA) is 30.2 Å². The summed E-state index contributed by atoms with van der Waals surface area (Å²) < 4.78 is 5.56. The molecule has 116 valence electrons. The quantitative estimate of drug-likeness (QED) is 0.781. The van der Waals surface area contributed by atoms with Crippen LogP contribution < -0.4 is 0 Å². The number of carbonyl (C=O) groups excluding carboxylic acids is 1. The Labute approximate surface area is 136 Å². The predicted octanol–water partition coefficient (Wildman–Crippen LogP) is 5.03. The summed E-state index contributed by atoms with van der Waals surface area (Å²) in [7, 11) is 0. The van der Waals surface area contributed by atoms with Crippen LogP contribution in [-0.2, 0) is 4.79 Å². The SMILES string of the molecule is CC1=CC=C(C2CC(c3ccco3)=CC2C(=O)C2=CC=CC2)C1. The third-order valence-electron chi connectivity index (χ3n) is 5.02. The Morgan fingerprint density at radius 1 is 1.26 bits per heavy atom. The lowest BCUT2D eigenvalue weighted by Crippen LogP contribution is -2.21. The second-order valence-electron chi connectivity index (χ2n) is 6.63. The molecule has 0 bridgehead atoms. The average Bonchev–Trinajstić information content (AvgIpc) is 3.31. The minimum absolute atomic E-state index is 0.0631. The molecule has 1 heterocycles. The van der Waals surface area contributed by atoms with Gasteiger partial charge in [0.1, 0.15) is 5.76 Å². The number of hydrogen-bond donors (Lipinski definition) is 0. The highest BCUT2D eigenvalue weighted by molar-refractivity contribution is 6.01. The molecule has 0 saturated heterocycles. The van der Waals surface area contributed by atoms with E-state index in [4.69, 9.17) is 4.42 Å². The van der Waals surface area contributed by atoms with Gasteiger partial charge in [-0.25, -0.2) is 0 Å². The molecule has 0 N–H and O–H groups in total. The first-order valence-corrected chi connectivity index (χ1v) is 8.23. The summed E-state index contributed by atoms with van der Waals surface area (Å²) >= 11 is 0. The van der Waals surface area contributed by atoms with E-state index >= 15 is 0 Å². The van der Waals surface area contributed by atoms with Crippen molar-refractivity contribution in [2.24, 2.45) is 11.8 Å². The summed E-state index contributed by atoms with van der Waals surface area (Å²) in [6, 6.07) is 3.89. The van der Waals surface area contributed by atoms with Crippen molar-refractivity contribution in [3.63, 3.8) is 0 Å². The van der Waals surface area contributed by atoms with E-state index in [2.05, 4.69) is 31.2 Å². The maximum Gasteiger partial charge on any atom is 0.166 e. The number of ketones is 1. The van der Waals surface area contributed by atoms with Crippen molar-refractivity contribution in [2.75, 3.05) is 0 Å². The highest BCUT2D eigenvalue weighted by Gasteiger charge is 2.37. The first-order valence-electron chi connectivity index (χ1n) is 8.23. The van der Waals surface area contributed by atoms with Crippen molar-refractivity contribution in [1.82, 2.24) is 0 Å². The molecule has 1 aromatic rings. The normalized spacial score (nSPS) is 26.1. The van der Waals surface area contributed by atoms with E-state index in [0.29, 0.717) is 0 Å².